The van der Waals surface area contributed by atoms with E-state index in [1.807, 2.05) is 0 Å². The van der Waals surface area contributed by atoms with Gasteiger partial charge in [0.2, 0.25) is 5.95 Å². The second-order valence-corrected chi connectivity index (χ2v) is 6.59. The molecule has 0 spiro atoms. The molecule has 20 heavy (non-hydrogen) atoms. The third-order valence-corrected chi connectivity index (χ3v) is 5.29. The zero-order valence-electron chi connectivity index (χ0n) is 12.2. The van der Waals surface area contributed by atoms with Crippen molar-refractivity contribution >= 4 is 27.5 Å². The minimum Gasteiger partial charge on any atom is -0.369 e. The van der Waals surface area contributed by atoms with Crippen molar-refractivity contribution in [3.05, 3.63) is 20.8 Å². The summed E-state index contributed by atoms with van der Waals surface area (Å²) in [6, 6.07) is 0. The number of hydrogen-bond donors (Lipinski definition) is 1. The van der Waals surface area contributed by atoms with E-state index in [0.717, 1.165) is 33.5 Å². The fourth-order valence-corrected chi connectivity index (χ4v) is 3.74. The summed E-state index contributed by atoms with van der Waals surface area (Å²) < 4.78 is 7.53. The number of nitrogens with one attached hydrogen (secondary N) is 1. The minimum absolute atomic E-state index is 0.0252. The molecule has 0 aromatic carbocycles. The first-order valence-electron chi connectivity index (χ1n) is 6.82. The standard InChI is InChI=1S/C14H19N3O2S/c1-5-14(2)6-8-9(7-19-14)20-11-10(8)12(18)17(4)13(15-3)16-11/h5-7H2,1-4H3,(H,15,16)/t14-/m1/s1. The fraction of sp³-hybridized carbons (Fsp3) is 0.571. The highest BCUT2D eigenvalue weighted by atomic mass is 32.1. The van der Waals surface area contributed by atoms with Gasteiger partial charge in [0.25, 0.3) is 5.56 Å². The molecular weight excluding hydrogens is 274 g/mol. The highest BCUT2D eigenvalue weighted by molar-refractivity contribution is 7.18. The van der Waals surface area contributed by atoms with Gasteiger partial charge in [-0.1, -0.05) is 6.92 Å². The van der Waals surface area contributed by atoms with E-state index >= 15 is 0 Å². The highest BCUT2D eigenvalue weighted by Gasteiger charge is 2.33. The number of nitrogens with zero attached hydrogens (tertiary/aromatic N) is 2. The van der Waals surface area contributed by atoms with Crippen LogP contribution >= 0.6 is 11.3 Å². The van der Waals surface area contributed by atoms with E-state index in [1.54, 1.807) is 30.0 Å². The van der Waals surface area contributed by atoms with Crippen molar-refractivity contribution in [2.45, 2.75) is 38.9 Å². The Morgan fingerprint density at radius 2 is 2.30 bits per heavy atom. The number of anilines is 1. The van der Waals surface area contributed by atoms with E-state index in [-0.39, 0.29) is 11.2 Å². The Balaban J connectivity index is 2.27. The van der Waals surface area contributed by atoms with Crippen LogP contribution < -0.4 is 10.9 Å². The van der Waals surface area contributed by atoms with Crippen molar-refractivity contribution in [3.63, 3.8) is 0 Å². The number of fused-ring (bicyclic) bond motifs is 3. The summed E-state index contributed by atoms with van der Waals surface area (Å²) >= 11 is 1.57. The van der Waals surface area contributed by atoms with Gasteiger partial charge in [-0.25, -0.2) is 4.98 Å². The molecule has 1 N–H and O–H groups in total. The number of ether oxygens (including phenoxy) is 1. The maximum atomic E-state index is 12.6. The second kappa shape index (κ2) is 4.56. The third kappa shape index (κ3) is 1.86. The number of thiophene rings is 1. The summed E-state index contributed by atoms with van der Waals surface area (Å²) in [4.78, 5) is 19.1. The van der Waals surface area contributed by atoms with Crippen LogP contribution in [0.3, 0.4) is 0 Å². The van der Waals surface area contributed by atoms with Crippen LogP contribution in [-0.4, -0.2) is 22.2 Å². The lowest BCUT2D eigenvalue weighted by Gasteiger charge is -2.32. The van der Waals surface area contributed by atoms with E-state index in [0.29, 0.717) is 12.6 Å². The Hall–Kier alpha value is -1.40. The molecule has 0 radical (unpaired) electrons. The zero-order valence-corrected chi connectivity index (χ0v) is 13.1. The molecule has 2 aromatic heterocycles. The Labute approximate surface area is 121 Å². The Morgan fingerprint density at radius 3 is 2.95 bits per heavy atom. The molecule has 0 unspecified atom stereocenters. The van der Waals surface area contributed by atoms with Gasteiger partial charge in [-0.3, -0.25) is 9.36 Å². The molecule has 0 fully saturated rings. The van der Waals surface area contributed by atoms with Crippen LogP contribution in [0, 0.1) is 0 Å². The van der Waals surface area contributed by atoms with Gasteiger partial charge in [-0.2, -0.15) is 0 Å². The maximum Gasteiger partial charge on any atom is 0.263 e. The van der Waals surface area contributed by atoms with Crippen molar-refractivity contribution in [1.82, 2.24) is 9.55 Å². The highest BCUT2D eigenvalue weighted by Crippen LogP contribution is 2.38. The normalized spacial score (nSPS) is 22.0. The van der Waals surface area contributed by atoms with Crippen LogP contribution in [0.2, 0.25) is 0 Å². The summed E-state index contributed by atoms with van der Waals surface area (Å²) in [6.45, 7) is 4.81. The van der Waals surface area contributed by atoms with Gasteiger partial charge in [0.05, 0.1) is 17.6 Å². The fourth-order valence-electron chi connectivity index (χ4n) is 2.65. The van der Waals surface area contributed by atoms with Crippen LogP contribution in [0.1, 0.15) is 30.7 Å². The molecule has 1 aliphatic rings. The van der Waals surface area contributed by atoms with Crippen molar-refractivity contribution in [1.29, 1.82) is 0 Å². The van der Waals surface area contributed by atoms with E-state index in [4.69, 9.17) is 4.74 Å². The summed E-state index contributed by atoms with van der Waals surface area (Å²) in [5.41, 5.74) is 0.988. The maximum absolute atomic E-state index is 12.6. The lowest BCUT2D eigenvalue weighted by Crippen LogP contribution is -2.34. The largest absolute Gasteiger partial charge is 0.369 e. The average Bonchev–Trinajstić information content (AvgIpc) is 2.80. The molecule has 3 heterocycles. The van der Waals surface area contributed by atoms with Crippen LogP contribution in [-0.2, 0) is 24.8 Å². The van der Waals surface area contributed by atoms with Gasteiger partial charge in [0.15, 0.2) is 0 Å². The van der Waals surface area contributed by atoms with Gasteiger partial charge >= 0.3 is 0 Å². The molecule has 0 bridgehead atoms. The average molecular weight is 293 g/mol. The van der Waals surface area contributed by atoms with Crippen LogP contribution in [0.5, 0.6) is 0 Å². The quantitative estimate of drug-likeness (QED) is 0.923. The van der Waals surface area contributed by atoms with Crippen LogP contribution in [0.4, 0.5) is 5.95 Å². The molecule has 5 nitrogen and oxygen atoms in total. The molecule has 6 heteroatoms. The van der Waals surface area contributed by atoms with E-state index in [2.05, 4.69) is 24.1 Å². The number of rotatable bonds is 2. The summed E-state index contributed by atoms with van der Waals surface area (Å²) in [7, 11) is 3.53. The predicted octanol–water partition coefficient (Wildman–Crippen LogP) is 2.28. The third-order valence-electron chi connectivity index (χ3n) is 4.19. The lowest BCUT2D eigenvalue weighted by molar-refractivity contribution is -0.0543. The summed E-state index contributed by atoms with van der Waals surface area (Å²) in [5.74, 6) is 0.597. The van der Waals surface area contributed by atoms with E-state index in [1.165, 1.54) is 0 Å². The smallest absolute Gasteiger partial charge is 0.263 e. The molecular formula is C14H19N3O2S. The molecule has 0 saturated heterocycles. The van der Waals surface area contributed by atoms with Crippen LogP contribution in [0.15, 0.2) is 4.79 Å². The Bertz CT molecular complexity index is 734. The first-order valence-corrected chi connectivity index (χ1v) is 7.63. The van der Waals surface area contributed by atoms with Crippen LogP contribution in [0.25, 0.3) is 10.2 Å². The molecule has 1 aliphatic heterocycles. The first kappa shape index (κ1) is 13.6. The SMILES string of the molecule is CC[C@]1(C)Cc2c(sc3nc(NC)n(C)c(=O)c23)CO1. The van der Waals surface area contributed by atoms with Gasteiger partial charge in [-0.05, 0) is 18.9 Å². The molecule has 0 saturated carbocycles. The molecule has 2 aromatic rings. The topological polar surface area (TPSA) is 56.2 Å². The molecule has 1 atom stereocenters. The van der Waals surface area contributed by atoms with Crippen molar-refractivity contribution in [3.8, 4) is 0 Å². The zero-order chi connectivity index (χ0) is 14.5. The summed E-state index contributed by atoms with van der Waals surface area (Å²) in [6.07, 6.45) is 1.72. The van der Waals surface area contributed by atoms with Crippen molar-refractivity contribution in [2.75, 3.05) is 12.4 Å². The Kier molecular flexibility index (Phi) is 3.10. The second-order valence-electron chi connectivity index (χ2n) is 5.50. The van der Waals surface area contributed by atoms with Gasteiger partial charge in [-0.15, -0.1) is 11.3 Å². The van der Waals surface area contributed by atoms with Crippen molar-refractivity contribution < 1.29 is 4.74 Å². The molecule has 0 amide bonds. The Morgan fingerprint density at radius 1 is 1.55 bits per heavy atom. The minimum atomic E-state index is -0.173. The van der Waals surface area contributed by atoms with E-state index in [9.17, 15) is 4.79 Å². The van der Waals surface area contributed by atoms with E-state index < -0.39 is 0 Å². The molecule has 3 rings (SSSR count). The van der Waals surface area contributed by atoms with Gasteiger partial charge in [0, 0.05) is 25.4 Å². The molecule has 0 aliphatic carbocycles. The van der Waals surface area contributed by atoms with Gasteiger partial charge < -0.3 is 10.1 Å². The number of aromatic nitrogens is 2. The number of hydrogen-bond acceptors (Lipinski definition) is 5. The monoisotopic (exact) mass is 293 g/mol. The van der Waals surface area contributed by atoms with Crippen molar-refractivity contribution in [2.24, 2.45) is 7.05 Å². The predicted molar refractivity (Wildman–Crippen MR) is 81.6 cm³/mol. The lowest BCUT2D eigenvalue weighted by atomic mass is 9.90. The summed E-state index contributed by atoms with van der Waals surface area (Å²) in [5, 5.41) is 3.74. The van der Waals surface area contributed by atoms with Gasteiger partial charge in [0.1, 0.15) is 4.83 Å². The molecule has 108 valence electrons. The first-order chi connectivity index (χ1) is 9.49.